The Morgan fingerprint density at radius 3 is 2.63 bits per heavy atom. The predicted molar refractivity (Wildman–Crippen MR) is 74.5 cm³/mol. The molecule has 0 atom stereocenters. The van der Waals surface area contributed by atoms with Gasteiger partial charge in [0, 0.05) is 0 Å². The number of carboxylic acid groups (broad SMARTS) is 1. The van der Waals surface area contributed by atoms with E-state index in [1.54, 1.807) is 30.4 Å². The van der Waals surface area contributed by atoms with Crippen LogP contribution in [0.4, 0.5) is 0 Å². The zero-order chi connectivity index (χ0) is 13.4. The molecule has 0 saturated carbocycles. The summed E-state index contributed by atoms with van der Waals surface area (Å²) in [7, 11) is 0. The summed E-state index contributed by atoms with van der Waals surface area (Å²) in [5, 5.41) is 9.80. The van der Waals surface area contributed by atoms with Crippen molar-refractivity contribution < 1.29 is 9.90 Å². The van der Waals surface area contributed by atoms with E-state index in [1.165, 1.54) is 0 Å². The molecule has 1 aromatic carbocycles. The first-order valence-corrected chi connectivity index (χ1v) is 6.53. The minimum absolute atomic E-state index is 0.227. The van der Waals surface area contributed by atoms with E-state index in [-0.39, 0.29) is 5.56 Å². The van der Waals surface area contributed by atoms with Crippen molar-refractivity contribution in [1.29, 1.82) is 0 Å². The van der Waals surface area contributed by atoms with Gasteiger partial charge in [-0.1, -0.05) is 12.1 Å². The number of hydrogen-bond acceptors (Lipinski definition) is 4. The Morgan fingerprint density at radius 1 is 1.16 bits per heavy atom. The molecule has 5 heteroatoms. The number of benzene rings is 1. The topological polar surface area (TPSA) is 63.1 Å². The zero-order valence-corrected chi connectivity index (χ0v) is 10.9. The molecule has 0 aliphatic rings. The van der Waals surface area contributed by atoms with Gasteiger partial charge >= 0.3 is 5.97 Å². The van der Waals surface area contributed by atoms with Crippen molar-refractivity contribution in [2.75, 3.05) is 0 Å². The number of aromatic nitrogens is 2. The lowest BCUT2D eigenvalue weighted by Crippen LogP contribution is -2.01. The summed E-state index contributed by atoms with van der Waals surface area (Å²) in [6.45, 7) is 1.69. The van der Waals surface area contributed by atoms with Gasteiger partial charge in [-0.3, -0.25) is 0 Å². The monoisotopic (exact) mass is 270 g/mol. The van der Waals surface area contributed by atoms with Gasteiger partial charge in [0.2, 0.25) is 0 Å². The highest BCUT2D eigenvalue weighted by atomic mass is 32.1. The number of carboxylic acids is 1. The van der Waals surface area contributed by atoms with E-state index in [2.05, 4.69) is 9.97 Å². The van der Waals surface area contributed by atoms with Crippen molar-refractivity contribution in [3.8, 4) is 10.7 Å². The highest BCUT2D eigenvalue weighted by Crippen LogP contribution is 2.29. The molecule has 2 heterocycles. The summed E-state index contributed by atoms with van der Waals surface area (Å²) in [4.78, 5) is 19.8. The van der Waals surface area contributed by atoms with Crippen molar-refractivity contribution in [3.63, 3.8) is 0 Å². The minimum Gasteiger partial charge on any atom is -0.478 e. The van der Waals surface area contributed by atoms with Crippen LogP contribution in [-0.2, 0) is 0 Å². The van der Waals surface area contributed by atoms with Crippen LogP contribution in [0.2, 0.25) is 0 Å². The Morgan fingerprint density at radius 2 is 1.95 bits per heavy atom. The molecule has 3 aromatic rings. The average Bonchev–Trinajstić information content (AvgIpc) is 2.81. The largest absolute Gasteiger partial charge is 0.478 e. The highest BCUT2D eigenvalue weighted by Gasteiger charge is 2.12. The van der Waals surface area contributed by atoms with E-state index in [0.717, 1.165) is 15.2 Å². The van der Waals surface area contributed by atoms with Gasteiger partial charge in [-0.05, 0) is 31.2 Å². The maximum Gasteiger partial charge on any atom is 0.337 e. The number of rotatable bonds is 2. The van der Waals surface area contributed by atoms with Gasteiger partial charge in [0.1, 0.15) is 5.01 Å². The van der Waals surface area contributed by atoms with E-state index in [1.807, 2.05) is 24.3 Å². The van der Waals surface area contributed by atoms with Crippen LogP contribution >= 0.6 is 11.3 Å². The third-order valence-electron chi connectivity index (χ3n) is 2.83. The van der Waals surface area contributed by atoms with E-state index in [4.69, 9.17) is 5.11 Å². The number of nitrogens with zero attached hydrogens (tertiary/aromatic N) is 2. The smallest absolute Gasteiger partial charge is 0.337 e. The van der Waals surface area contributed by atoms with Gasteiger partial charge < -0.3 is 5.11 Å². The third-order valence-corrected chi connectivity index (χ3v) is 3.89. The molecule has 1 N–H and O–H groups in total. The van der Waals surface area contributed by atoms with Crippen LogP contribution in [0.1, 0.15) is 16.1 Å². The maximum atomic E-state index is 11.0. The van der Waals surface area contributed by atoms with E-state index in [9.17, 15) is 4.79 Å². The maximum absolute atomic E-state index is 11.0. The second-order valence-electron chi connectivity index (χ2n) is 4.12. The molecule has 0 amide bonds. The number of pyridine rings is 1. The first-order chi connectivity index (χ1) is 9.15. The molecule has 2 aromatic heterocycles. The molecule has 0 bridgehead atoms. The molecule has 19 heavy (non-hydrogen) atoms. The molecule has 0 spiro atoms. The molecule has 0 aliphatic carbocycles. The fourth-order valence-corrected chi connectivity index (χ4v) is 2.82. The lowest BCUT2D eigenvalue weighted by atomic mass is 10.2. The molecular formula is C14H10N2O2S. The van der Waals surface area contributed by atoms with Crippen LogP contribution < -0.4 is 0 Å². The molecule has 0 unspecified atom stereocenters. The number of carbonyl (C=O) groups is 1. The second-order valence-corrected chi connectivity index (χ2v) is 5.15. The fourth-order valence-electron chi connectivity index (χ4n) is 1.89. The van der Waals surface area contributed by atoms with Crippen LogP contribution in [0.3, 0.4) is 0 Å². The molecular weight excluding hydrogens is 260 g/mol. The summed E-state index contributed by atoms with van der Waals surface area (Å²) in [6.07, 6.45) is 0. The number of para-hydroxylation sites is 1. The summed E-state index contributed by atoms with van der Waals surface area (Å²) in [5.74, 6) is -0.958. The zero-order valence-electron chi connectivity index (χ0n) is 10.1. The average molecular weight is 270 g/mol. The first-order valence-electron chi connectivity index (χ1n) is 5.72. The number of hydrogen-bond donors (Lipinski definition) is 1. The Hall–Kier alpha value is -2.27. The quantitative estimate of drug-likeness (QED) is 0.775. The number of aromatic carboxylic acids is 1. The molecule has 0 radical (unpaired) electrons. The molecule has 4 nitrogen and oxygen atoms in total. The summed E-state index contributed by atoms with van der Waals surface area (Å²) < 4.78 is 1.10. The lowest BCUT2D eigenvalue weighted by Gasteiger charge is -2.01. The second kappa shape index (κ2) is 4.44. The Kier molecular flexibility index (Phi) is 2.76. The van der Waals surface area contributed by atoms with Gasteiger partial charge in [-0.2, -0.15) is 0 Å². The van der Waals surface area contributed by atoms with Gasteiger partial charge in [0.25, 0.3) is 0 Å². The van der Waals surface area contributed by atoms with E-state index in [0.29, 0.717) is 11.4 Å². The first kappa shape index (κ1) is 11.8. The summed E-state index contributed by atoms with van der Waals surface area (Å²) in [6, 6.07) is 11.2. The van der Waals surface area contributed by atoms with Gasteiger partial charge in [0.15, 0.2) is 0 Å². The Labute approximate surface area is 113 Å². The molecule has 3 rings (SSSR count). The van der Waals surface area contributed by atoms with E-state index >= 15 is 0 Å². The predicted octanol–water partition coefficient (Wildman–Crippen LogP) is 3.36. The number of thiazole rings is 1. The summed E-state index contributed by atoms with van der Waals surface area (Å²) >= 11 is 1.55. The van der Waals surface area contributed by atoms with Crippen molar-refractivity contribution >= 4 is 27.5 Å². The van der Waals surface area contributed by atoms with Crippen LogP contribution in [0.15, 0.2) is 36.4 Å². The fraction of sp³-hybridized carbons (Fsp3) is 0.0714. The minimum atomic E-state index is -0.958. The van der Waals surface area contributed by atoms with Crippen LogP contribution in [0.5, 0.6) is 0 Å². The lowest BCUT2D eigenvalue weighted by molar-refractivity contribution is 0.0695. The van der Waals surface area contributed by atoms with Gasteiger partial charge in [0.05, 0.1) is 27.2 Å². The van der Waals surface area contributed by atoms with Crippen LogP contribution in [-0.4, -0.2) is 21.0 Å². The van der Waals surface area contributed by atoms with Crippen molar-refractivity contribution in [2.24, 2.45) is 0 Å². The normalized spacial score (nSPS) is 10.8. The molecule has 0 saturated heterocycles. The molecule has 0 fully saturated rings. The molecule has 94 valence electrons. The van der Waals surface area contributed by atoms with Crippen molar-refractivity contribution in [1.82, 2.24) is 9.97 Å². The Balaban J connectivity index is 2.11. The summed E-state index contributed by atoms with van der Waals surface area (Å²) in [5.41, 5.74) is 2.38. The third kappa shape index (κ3) is 2.08. The number of fused-ring (bicyclic) bond motifs is 1. The van der Waals surface area contributed by atoms with Crippen molar-refractivity contribution in [2.45, 2.75) is 6.92 Å². The van der Waals surface area contributed by atoms with Gasteiger partial charge in [-0.15, -0.1) is 11.3 Å². The SMILES string of the molecule is Cc1nc(-c2nc3ccccc3s2)ccc1C(=O)O. The highest BCUT2D eigenvalue weighted by molar-refractivity contribution is 7.21. The molecule has 0 aliphatic heterocycles. The van der Waals surface area contributed by atoms with E-state index < -0.39 is 5.97 Å². The standard InChI is InChI=1S/C14H10N2O2S/c1-8-9(14(17)18)6-7-11(15-8)13-16-10-4-2-3-5-12(10)19-13/h2-7H,1H3,(H,17,18). The van der Waals surface area contributed by atoms with Crippen LogP contribution in [0.25, 0.3) is 20.9 Å². The van der Waals surface area contributed by atoms with Gasteiger partial charge in [-0.25, -0.2) is 14.8 Å². The number of aryl methyl sites for hydroxylation is 1. The van der Waals surface area contributed by atoms with Crippen molar-refractivity contribution in [3.05, 3.63) is 47.7 Å². The van der Waals surface area contributed by atoms with Crippen LogP contribution in [0, 0.1) is 6.92 Å². The Bertz CT molecular complexity index is 747.